The van der Waals surface area contributed by atoms with E-state index in [-0.39, 0.29) is 11.8 Å². The molecule has 0 radical (unpaired) electrons. The Balaban J connectivity index is 1.33. The molecule has 0 aromatic carbocycles. The van der Waals surface area contributed by atoms with Gasteiger partial charge in [0.25, 0.3) is 0 Å². The van der Waals surface area contributed by atoms with Gasteiger partial charge in [0, 0.05) is 16.3 Å². The van der Waals surface area contributed by atoms with E-state index in [9.17, 15) is 20.2 Å². The molecule has 5 heterocycles. The molecule has 38 heavy (non-hydrogen) atoms. The number of nitro groups is 2. The molecule has 12 nitrogen and oxygen atoms in total. The standard InChI is InChI=1S/C24H18N6O6S2/c31-29(32)22-11-7-18(35-22)20-9-5-16(37-20)3-1-15(27-28-24-25-13-14-26-24)2-4-17-6-10-21(38-17)19-8-12-23(36-19)30(33)34/h1-12H,13-14H2,(H2,25,26,28)/b3-1+,4-2+. The molecule has 0 bridgehead atoms. The number of guanidine groups is 1. The largest absolute Gasteiger partial charge is 0.433 e. The molecular formula is C24H18N6O6S2. The quantitative estimate of drug-likeness (QED) is 0.151. The Morgan fingerprint density at radius 2 is 1.45 bits per heavy atom. The van der Waals surface area contributed by atoms with E-state index in [0.717, 1.165) is 26.1 Å². The predicted molar refractivity (Wildman–Crippen MR) is 146 cm³/mol. The van der Waals surface area contributed by atoms with Crippen molar-refractivity contribution in [1.29, 1.82) is 0 Å². The van der Waals surface area contributed by atoms with Crippen LogP contribution < -0.4 is 10.7 Å². The van der Waals surface area contributed by atoms with Gasteiger partial charge in [0.1, 0.15) is 9.85 Å². The van der Waals surface area contributed by atoms with Crippen LogP contribution in [0, 0.1) is 20.2 Å². The highest BCUT2D eigenvalue weighted by atomic mass is 32.1. The van der Waals surface area contributed by atoms with Gasteiger partial charge in [-0.2, -0.15) is 5.10 Å². The number of nitrogens with one attached hydrogen (secondary N) is 2. The summed E-state index contributed by atoms with van der Waals surface area (Å²) in [5.41, 5.74) is 3.52. The Labute approximate surface area is 222 Å². The average molecular weight is 551 g/mol. The zero-order chi connectivity index (χ0) is 26.5. The van der Waals surface area contributed by atoms with Crippen molar-refractivity contribution in [3.05, 3.63) is 90.7 Å². The van der Waals surface area contributed by atoms with Gasteiger partial charge in [-0.3, -0.25) is 20.2 Å². The fraction of sp³-hybridized carbons (Fsp3) is 0.0833. The maximum atomic E-state index is 10.9. The number of aliphatic imine (C=N–C) groups is 1. The fourth-order valence-corrected chi connectivity index (χ4v) is 5.07. The van der Waals surface area contributed by atoms with Crippen LogP contribution in [0.4, 0.5) is 11.8 Å². The third kappa shape index (κ3) is 5.93. The molecule has 0 saturated heterocycles. The van der Waals surface area contributed by atoms with Gasteiger partial charge in [-0.15, -0.1) is 22.7 Å². The minimum atomic E-state index is -0.571. The zero-order valence-electron chi connectivity index (χ0n) is 19.4. The van der Waals surface area contributed by atoms with Crippen molar-refractivity contribution in [2.45, 2.75) is 0 Å². The lowest BCUT2D eigenvalue weighted by Crippen LogP contribution is -2.30. The first kappa shape index (κ1) is 24.9. The van der Waals surface area contributed by atoms with Gasteiger partial charge >= 0.3 is 11.8 Å². The van der Waals surface area contributed by atoms with Crippen molar-refractivity contribution in [2.75, 3.05) is 13.1 Å². The Morgan fingerprint density at radius 1 is 0.895 bits per heavy atom. The second kappa shape index (κ2) is 11.1. The number of nitrogens with zero attached hydrogens (tertiary/aromatic N) is 4. The van der Waals surface area contributed by atoms with Gasteiger partial charge in [0.2, 0.25) is 5.96 Å². The smallest absolute Gasteiger partial charge is 0.400 e. The van der Waals surface area contributed by atoms with Crippen LogP contribution in [0.2, 0.25) is 0 Å². The Kier molecular flexibility index (Phi) is 7.24. The lowest BCUT2D eigenvalue weighted by atomic mass is 10.2. The van der Waals surface area contributed by atoms with E-state index in [2.05, 4.69) is 20.8 Å². The monoisotopic (exact) mass is 550 g/mol. The zero-order valence-corrected chi connectivity index (χ0v) is 21.0. The van der Waals surface area contributed by atoms with Crippen LogP contribution in [0.5, 0.6) is 0 Å². The van der Waals surface area contributed by atoms with Crippen LogP contribution in [-0.4, -0.2) is 34.6 Å². The summed E-state index contributed by atoms with van der Waals surface area (Å²) in [6.07, 6.45) is 7.40. The number of furan rings is 2. The molecular weight excluding hydrogens is 532 g/mol. The van der Waals surface area contributed by atoms with E-state index in [4.69, 9.17) is 8.83 Å². The number of hydrogen-bond donors (Lipinski definition) is 2. The van der Waals surface area contributed by atoms with E-state index in [1.54, 1.807) is 12.1 Å². The summed E-state index contributed by atoms with van der Waals surface area (Å²) in [6.45, 7) is 1.41. The van der Waals surface area contributed by atoms with Crippen LogP contribution in [0.15, 0.2) is 79.6 Å². The molecule has 5 rings (SSSR count). The molecule has 0 aliphatic carbocycles. The van der Waals surface area contributed by atoms with Crippen molar-refractivity contribution in [2.24, 2.45) is 10.1 Å². The SMILES string of the molecule is O=[N+]([O-])c1ccc(-c2ccc(/C=C/C(/C=C/c3ccc(-c4ccc([N+](=O)[O-])o4)s3)=NNC3=NCCN3)s2)o1. The fourth-order valence-electron chi connectivity index (χ4n) is 3.32. The van der Waals surface area contributed by atoms with Gasteiger partial charge in [-0.1, -0.05) is 0 Å². The Hall–Kier alpha value is -4.82. The normalized spacial score (nSPS) is 13.1. The highest BCUT2D eigenvalue weighted by Gasteiger charge is 2.15. The van der Waals surface area contributed by atoms with E-state index in [0.29, 0.717) is 29.7 Å². The number of allylic oxidation sites excluding steroid dienone is 2. The lowest BCUT2D eigenvalue weighted by Gasteiger charge is -2.01. The maximum Gasteiger partial charge on any atom is 0.433 e. The summed E-state index contributed by atoms with van der Waals surface area (Å²) < 4.78 is 10.6. The number of rotatable bonds is 9. The molecule has 1 aliphatic heterocycles. The minimum absolute atomic E-state index is 0.304. The first-order valence-corrected chi connectivity index (χ1v) is 12.7. The number of hydrazone groups is 1. The summed E-state index contributed by atoms with van der Waals surface area (Å²) >= 11 is 2.84. The van der Waals surface area contributed by atoms with Crippen molar-refractivity contribution in [1.82, 2.24) is 10.7 Å². The average Bonchev–Trinajstić information content (AvgIpc) is 3.74. The molecule has 14 heteroatoms. The van der Waals surface area contributed by atoms with Crippen molar-refractivity contribution in [3.8, 4) is 21.3 Å². The van der Waals surface area contributed by atoms with Gasteiger partial charge < -0.3 is 14.2 Å². The van der Waals surface area contributed by atoms with E-state index in [1.165, 1.54) is 34.8 Å². The molecule has 0 saturated carbocycles. The Bertz CT molecular complexity index is 1500. The van der Waals surface area contributed by atoms with Crippen LogP contribution >= 0.6 is 22.7 Å². The Morgan fingerprint density at radius 3 is 1.89 bits per heavy atom. The van der Waals surface area contributed by atoms with Crippen LogP contribution in [0.25, 0.3) is 33.4 Å². The predicted octanol–water partition coefficient (Wildman–Crippen LogP) is 5.78. The van der Waals surface area contributed by atoms with Gasteiger partial charge in [-0.05, 0) is 60.7 Å². The topological polar surface area (TPSA) is 161 Å². The van der Waals surface area contributed by atoms with Gasteiger partial charge in [0.15, 0.2) is 11.5 Å². The molecule has 1 aliphatic rings. The van der Waals surface area contributed by atoms with Crippen molar-refractivity contribution < 1.29 is 18.7 Å². The molecule has 0 unspecified atom stereocenters. The highest BCUT2D eigenvalue weighted by Crippen LogP contribution is 2.33. The van der Waals surface area contributed by atoms with Crippen molar-refractivity contribution in [3.63, 3.8) is 0 Å². The van der Waals surface area contributed by atoms with Crippen LogP contribution in [0.1, 0.15) is 9.75 Å². The highest BCUT2D eigenvalue weighted by molar-refractivity contribution is 7.16. The van der Waals surface area contributed by atoms with Crippen molar-refractivity contribution >= 4 is 58.3 Å². The molecule has 192 valence electrons. The summed E-state index contributed by atoms with van der Waals surface area (Å²) in [5, 5.41) is 29.3. The minimum Gasteiger partial charge on any atom is -0.400 e. The molecule has 0 fully saturated rings. The molecule has 0 atom stereocenters. The van der Waals surface area contributed by atoms with Gasteiger partial charge in [-0.25, -0.2) is 10.4 Å². The molecule has 0 spiro atoms. The third-order valence-electron chi connectivity index (χ3n) is 5.08. The second-order valence-electron chi connectivity index (χ2n) is 7.67. The summed E-state index contributed by atoms with van der Waals surface area (Å²) in [4.78, 5) is 28.2. The lowest BCUT2D eigenvalue weighted by molar-refractivity contribution is -0.402. The molecule has 4 aromatic rings. The van der Waals surface area contributed by atoms with Gasteiger partial charge in [0.05, 0.1) is 34.1 Å². The van der Waals surface area contributed by atoms with Crippen LogP contribution in [0.3, 0.4) is 0 Å². The van der Waals surface area contributed by atoms with E-state index < -0.39 is 9.85 Å². The first-order valence-electron chi connectivity index (χ1n) is 11.1. The number of thiophene rings is 2. The molecule has 0 amide bonds. The molecule has 4 aromatic heterocycles. The second-order valence-corrected chi connectivity index (χ2v) is 9.90. The van der Waals surface area contributed by atoms with E-state index >= 15 is 0 Å². The summed E-state index contributed by atoms with van der Waals surface area (Å²) in [7, 11) is 0. The molecule has 2 N–H and O–H groups in total. The van der Waals surface area contributed by atoms with E-state index in [1.807, 2.05) is 48.6 Å². The third-order valence-corrected chi connectivity index (χ3v) is 7.21. The number of hydrogen-bond acceptors (Lipinski definition) is 12. The van der Waals surface area contributed by atoms with Crippen LogP contribution in [-0.2, 0) is 0 Å². The first-order chi connectivity index (χ1) is 18.4. The maximum absolute atomic E-state index is 10.9. The summed E-state index contributed by atoms with van der Waals surface area (Å²) in [6, 6.07) is 13.2. The summed E-state index contributed by atoms with van der Waals surface area (Å²) in [5.74, 6) is 0.832.